The number of anilines is 1. The van der Waals surface area contributed by atoms with Crippen molar-refractivity contribution in [3.63, 3.8) is 0 Å². The van der Waals surface area contributed by atoms with Crippen molar-refractivity contribution in [2.75, 3.05) is 18.4 Å². The second kappa shape index (κ2) is 6.91. The molecule has 0 unspecified atom stereocenters. The van der Waals surface area contributed by atoms with E-state index in [0.29, 0.717) is 18.9 Å². The summed E-state index contributed by atoms with van der Waals surface area (Å²) in [6, 6.07) is 8.42. The minimum Gasteiger partial charge on any atom is -0.309 e. The summed E-state index contributed by atoms with van der Waals surface area (Å²) in [7, 11) is 1.82. The van der Waals surface area contributed by atoms with Crippen LogP contribution >= 0.6 is 0 Å². The molecule has 0 bridgehead atoms. The van der Waals surface area contributed by atoms with E-state index in [-0.39, 0.29) is 17.6 Å². The Balaban J connectivity index is 1.58. The quantitative estimate of drug-likeness (QED) is 0.942. The van der Waals surface area contributed by atoms with Gasteiger partial charge in [0.1, 0.15) is 5.82 Å². The van der Waals surface area contributed by atoms with Gasteiger partial charge in [0.05, 0.1) is 5.92 Å². The average Bonchev–Trinajstić information content (AvgIpc) is 2.92. The SMILES string of the molecule is Cn1ccc(NC(=O)[C@@H]2CCCN(Cc3cccc(F)c3)C2)n1. The summed E-state index contributed by atoms with van der Waals surface area (Å²) in [6.07, 6.45) is 3.64. The van der Waals surface area contributed by atoms with E-state index >= 15 is 0 Å². The molecule has 2 heterocycles. The van der Waals surface area contributed by atoms with Crippen molar-refractivity contribution in [1.29, 1.82) is 0 Å². The molecular formula is C17H21FN4O. The van der Waals surface area contributed by atoms with Gasteiger partial charge in [-0.3, -0.25) is 14.4 Å². The summed E-state index contributed by atoms with van der Waals surface area (Å²) in [6.45, 7) is 2.30. The van der Waals surface area contributed by atoms with Crippen molar-refractivity contribution in [3.05, 3.63) is 47.9 Å². The van der Waals surface area contributed by atoms with Crippen molar-refractivity contribution >= 4 is 11.7 Å². The van der Waals surface area contributed by atoms with Crippen molar-refractivity contribution in [3.8, 4) is 0 Å². The first-order valence-electron chi connectivity index (χ1n) is 7.87. The lowest BCUT2D eigenvalue weighted by atomic mass is 9.96. The Morgan fingerprint density at radius 2 is 2.30 bits per heavy atom. The number of hydrogen-bond acceptors (Lipinski definition) is 3. The summed E-state index contributed by atoms with van der Waals surface area (Å²) in [5, 5.41) is 7.04. The van der Waals surface area contributed by atoms with Crippen LogP contribution in [-0.2, 0) is 18.4 Å². The maximum atomic E-state index is 13.3. The van der Waals surface area contributed by atoms with Crippen molar-refractivity contribution < 1.29 is 9.18 Å². The predicted molar refractivity (Wildman–Crippen MR) is 86.2 cm³/mol. The molecule has 1 N–H and O–H groups in total. The Hall–Kier alpha value is -2.21. The number of nitrogens with one attached hydrogen (secondary N) is 1. The molecule has 23 heavy (non-hydrogen) atoms. The highest BCUT2D eigenvalue weighted by atomic mass is 19.1. The number of carbonyl (C=O) groups excluding carboxylic acids is 1. The predicted octanol–water partition coefficient (Wildman–Crippen LogP) is 2.41. The Labute approximate surface area is 135 Å². The normalized spacial score (nSPS) is 18.8. The molecule has 1 atom stereocenters. The average molecular weight is 316 g/mol. The molecule has 1 fully saturated rings. The van der Waals surface area contributed by atoms with Crippen LogP contribution < -0.4 is 5.32 Å². The van der Waals surface area contributed by atoms with E-state index in [2.05, 4.69) is 15.3 Å². The molecule has 1 saturated heterocycles. The number of hydrogen-bond donors (Lipinski definition) is 1. The first kappa shape index (κ1) is 15.7. The summed E-state index contributed by atoms with van der Waals surface area (Å²) in [5.74, 6) is 0.315. The lowest BCUT2D eigenvalue weighted by Crippen LogP contribution is -2.40. The van der Waals surface area contributed by atoms with E-state index in [9.17, 15) is 9.18 Å². The molecule has 0 spiro atoms. The Morgan fingerprint density at radius 3 is 3.04 bits per heavy atom. The summed E-state index contributed by atoms with van der Waals surface area (Å²) in [5.41, 5.74) is 0.941. The maximum Gasteiger partial charge on any atom is 0.229 e. The van der Waals surface area contributed by atoms with Crippen LogP contribution in [0.25, 0.3) is 0 Å². The van der Waals surface area contributed by atoms with Crippen LogP contribution in [0.15, 0.2) is 36.5 Å². The summed E-state index contributed by atoms with van der Waals surface area (Å²) in [4.78, 5) is 14.6. The van der Waals surface area contributed by atoms with Gasteiger partial charge in [-0.1, -0.05) is 12.1 Å². The number of benzene rings is 1. The number of halogens is 1. The molecule has 1 aliphatic heterocycles. The minimum absolute atomic E-state index is 0.00708. The Kier molecular flexibility index (Phi) is 4.71. The van der Waals surface area contributed by atoms with Gasteiger partial charge in [0, 0.05) is 32.4 Å². The molecule has 0 saturated carbocycles. The van der Waals surface area contributed by atoms with Gasteiger partial charge in [-0.25, -0.2) is 4.39 Å². The van der Waals surface area contributed by atoms with Crippen LogP contribution in [0.1, 0.15) is 18.4 Å². The summed E-state index contributed by atoms with van der Waals surface area (Å²) < 4.78 is 14.9. The standard InChI is InChI=1S/C17H21FN4O/c1-21-9-7-16(20-21)19-17(23)14-5-3-8-22(12-14)11-13-4-2-6-15(18)10-13/h2,4,6-7,9-10,14H,3,5,8,11-12H2,1H3,(H,19,20,23)/t14-/m1/s1. The second-order valence-electron chi connectivity index (χ2n) is 6.07. The van der Waals surface area contributed by atoms with Crippen LogP contribution in [0.5, 0.6) is 0 Å². The molecule has 6 heteroatoms. The van der Waals surface area contributed by atoms with Gasteiger partial charge >= 0.3 is 0 Å². The molecule has 0 radical (unpaired) electrons. The van der Waals surface area contributed by atoms with E-state index < -0.39 is 0 Å². The van der Waals surface area contributed by atoms with Crippen LogP contribution in [0, 0.1) is 11.7 Å². The van der Waals surface area contributed by atoms with E-state index in [1.807, 2.05) is 13.1 Å². The lowest BCUT2D eigenvalue weighted by Gasteiger charge is -2.31. The zero-order valence-corrected chi connectivity index (χ0v) is 13.2. The molecule has 1 aliphatic rings. The van der Waals surface area contributed by atoms with Gasteiger partial charge in [-0.2, -0.15) is 5.10 Å². The molecule has 1 aromatic carbocycles. The number of rotatable bonds is 4. The number of carbonyl (C=O) groups is 1. The van der Waals surface area contributed by atoms with Crippen molar-refractivity contribution in [2.45, 2.75) is 19.4 Å². The highest BCUT2D eigenvalue weighted by molar-refractivity contribution is 5.91. The number of likely N-dealkylation sites (tertiary alicyclic amines) is 1. The highest BCUT2D eigenvalue weighted by Crippen LogP contribution is 2.20. The molecular weight excluding hydrogens is 295 g/mol. The largest absolute Gasteiger partial charge is 0.309 e. The van der Waals surface area contributed by atoms with Crippen molar-refractivity contribution in [1.82, 2.24) is 14.7 Å². The number of amides is 1. The fourth-order valence-corrected chi connectivity index (χ4v) is 3.02. The van der Waals surface area contributed by atoms with Crippen molar-refractivity contribution in [2.24, 2.45) is 13.0 Å². The zero-order chi connectivity index (χ0) is 16.2. The van der Waals surface area contributed by atoms with E-state index in [4.69, 9.17) is 0 Å². The number of aromatic nitrogens is 2. The Morgan fingerprint density at radius 1 is 1.43 bits per heavy atom. The molecule has 5 nitrogen and oxygen atoms in total. The number of nitrogens with zero attached hydrogens (tertiary/aromatic N) is 3. The van der Waals surface area contributed by atoms with Gasteiger partial charge in [-0.05, 0) is 37.1 Å². The topological polar surface area (TPSA) is 50.2 Å². The van der Waals surface area contributed by atoms with Gasteiger partial charge in [0.15, 0.2) is 5.82 Å². The van der Waals surface area contributed by atoms with Crippen LogP contribution in [0.4, 0.5) is 10.2 Å². The number of aryl methyl sites for hydroxylation is 1. The first-order valence-corrected chi connectivity index (χ1v) is 7.87. The monoisotopic (exact) mass is 316 g/mol. The number of piperidine rings is 1. The fraction of sp³-hybridized carbons (Fsp3) is 0.412. The summed E-state index contributed by atoms with van der Waals surface area (Å²) >= 11 is 0. The van der Waals surface area contributed by atoms with Gasteiger partial charge in [0.2, 0.25) is 5.91 Å². The van der Waals surface area contributed by atoms with Crippen LogP contribution in [-0.4, -0.2) is 33.7 Å². The third-order valence-corrected chi connectivity index (χ3v) is 4.14. The third kappa shape index (κ3) is 4.16. The van der Waals surface area contributed by atoms with E-state index in [1.165, 1.54) is 6.07 Å². The molecule has 3 rings (SSSR count). The maximum absolute atomic E-state index is 13.3. The smallest absolute Gasteiger partial charge is 0.229 e. The molecule has 1 aromatic heterocycles. The van der Waals surface area contributed by atoms with Gasteiger partial charge in [-0.15, -0.1) is 0 Å². The fourth-order valence-electron chi connectivity index (χ4n) is 3.02. The van der Waals surface area contributed by atoms with Crippen LogP contribution in [0.2, 0.25) is 0 Å². The molecule has 0 aliphatic carbocycles. The highest BCUT2D eigenvalue weighted by Gasteiger charge is 2.26. The first-order chi connectivity index (χ1) is 11.1. The second-order valence-corrected chi connectivity index (χ2v) is 6.07. The molecule has 1 amide bonds. The Bertz CT molecular complexity index is 685. The molecule has 2 aromatic rings. The van der Waals surface area contributed by atoms with Gasteiger partial charge < -0.3 is 5.32 Å². The van der Waals surface area contributed by atoms with Crippen LogP contribution in [0.3, 0.4) is 0 Å². The van der Waals surface area contributed by atoms with E-state index in [1.54, 1.807) is 29.1 Å². The van der Waals surface area contributed by atoms with Gasteiger partial charge in [0.25, 0.3) is 0 Å². The zero-order valence-electron chi connectivity index (χ0n) is 13.2. The third-order valence-electron chi connectivity index (χ3n) is 4.14. The minimum atomic E-state index is -0.219. The molecule has 122 valence electrons. The lowest BCUT2D eigenvalue weighted by molar-refractivity contribution is -0.121. The van der Waals surface area contributed by atoms with E-state index in [0.717, 1.165) is 24.9 Å².